The van der Waals surface area contributed by atoms with Gasteiger partial charge in [-0.3, -0.25) is 4.99 Å². The summed E-state index contributed by atoms with van der Waals surface area (Å²) in [5.41, 5.74) is 2.21. The van der Waals surface area contributed by atoms with Gasteiger partial charge in [-0.15, -0.1) is 0 Å². The second kappa shape index (κ2) is 9.00. The summed E-state index contributed by atoms with van der Waals surface area (Å²) in [5.74, 6) is 1.61. The standard InChI is InChI=1S/C17H21ClN4O/c1-19-17(20-10-9-13-7-8-16(18)21-11-13)22-12-14-5-3-4-6-15(14)23-2/h3-8,11H,9-10,12H2,1-2H3,(H2,19,20,22). The largest absolute Gasteiger partial charge is 0.496 e. The summed E-state index contributed by atoms with van der Waals surface area (Å²) in [4.78, 5) is 8.29. The molecule has 0 unspecified atom stereocenters. The van der Waals surface area contributed by atoms with Crippen LogP contribution < -0.4 is 15.4 Å². The van der Waals surface area contributed by atoms with Crippen LogP contribution in [0.1, 0.15) is 11.1 Å². The molecule has 0 aliphatic carbocycles. The number of pyridine rings is 1. The van der Waals surface area contributed by atoms with Crippen LogP contribution in [0.2, 0.25) is 5.15 Å². The monoisotopic (exact) mass is 332 g/mol. The van der Waals surface area contributed by atoms with E-state index in [4.69, 9.17) is 16.3 Å². The zero-order chi connectivity index (χ0) is 16.5. The van der Waals surface area contributed by atoms with Gasteiger partial charge in [-0.2, -0.15) is 0 Å². The molecule has 122 valence electrons. The van der Waals surface area contributed by atoms with Crippen molar-refractivity contribution in [1.29, 1.82) is 0 Å². The maximum absolute atomic E-state index is 5.78. The van der Waals surface area contributed by atoms with Crippen molar-refractivity contribution in [2.24, 2.45) is 4.99 Å². The number of benzene rings is 1. The molecule has 1 heterocycles. The maximum Gasteiger partial charge on any atom is 0.191 e. The summed E-state index contributed by atoms with van der Waals surface area (Å²) in [6, 6.07) is 11.7. The minimum Gasteiger partial charge on any atom is -0.496 e. The predicted octanol–water partition coefficient (Wildman–Crippen LogP) is 2.65. The molecule has 1 aromatic heterocycles. The Bertz CT molecular complexity index is 643. The minimum atomic E-state index is 0.510. The Kier molecular flexibility index (Phi) is 6.69. The lowest BCUT2D eigenvalue weighted by Gasteiger charge is -2.13. The van der Waals surface area contributed by atoms with E-state index in [0.29, 0.717) is 11.7 Å². The molecule has 5 nitrogen and oxygen atoms in total. The Balaban J connectivity index is 1.80. The van der Waals surface area contributed by atoms with Crippen LogP contribution in [0.5, 0.6) is 5.75 Å². The number of aliphatic imine (C=N–C) groups is 1. The van der Waals surface area contributed by atoms with E-state index in [0.717, 1.165) is 35.8 Å². The van der Waals surface area contributed by atoms with E-state index < -0.39 is 0 Å². The highest BCUT2D eigenvalue weighted by Crippen LogP contribution is 2.16. The van der Waals surface area contributed by atoms with Crippen LogP contribution in [0.15, 0.2) is 47.6 Å². The number of hydrogen-bond acceptors (Lipinski definition) is 3. The molecule has 0 atom stereocenters. The number of halogens is 1. The zero-order valence-electron chi connectivity index (χ0n) is 13.3. The van der Waals surface area contributed by atoms with E-state index in [-0.39, 0.29) is 0 Å². The van der Waals surface area contributed by atoms with Gasteiger partial charge in [0.15, 0.2) is 5.96 Å². The van der Waals surface area contributed by atoms with Gasteiger partial charge in [0.2, 0.25) is 0 Å². The zero-order valence-corrected chi connectivity index (χ0v) is 14.1. The Hall–Kier alpha value is -2.27. The Morgan fingerprint density at radius 3 is 2.74 bits per heavy atom. The third-order valence-corrected chi connectivity index (χ3v) is 3.58. The first-order valence-electron chi connectivity index (χ1n) is 7.39. The third-order valence-electron chi connectivity index (χ3n) is 3.36. The molecule has 23 heavy (non-hydrogen) atoms. The molecule has 2 rings (SSSR count). The third kappa shape index (κ3) is 5.45. The lowest BCUT2D eigenvalue weighted by molar-refractivity contribution is 0.409. The number of methoxy groups -OCH3 is 1. The van der Waals surface area contributed by atoms with E-state index in [1.165, 1.54) is 0 Å². The second-order valence-corrected chi connectivity index (χ2v) is 5.29. The molecule has 0 spiro atoms. The SMILES string of the molecule is CN=C(NCCc1ccc(Cl)nc1)NCc1ccccc1OC. The molecule has 0 fully saturated rings. The van der Waals surface area contributed by atoms with Crippen molar-refractivity contribution in [3.05, 3.63) is 58.9 Å². The number of nitrogens with one attached hydrogen (secondary N) is 2. The van der Waals surface area contributed by atoms with Gasteiger partial charge in [-0.1, -0.05) is 35.9 Å². The average Bonchev–Trinajstić information content (AvgIpc) is 2.59. The van der Waals surface area contributed by atoms with Crippen molar-refractivity contribution in [2.45, 2.75) is 13.0 Å². The van der Waals surface area contributed by atoms with Gasteiger partial charge in [0.25, 0.3) is 0 Å². The highest BCUT2D eigenvalue weighted by atomic mass is 35.5. The van der Waals surface area contributed by atoms with Gasteiger partial charge in [0, 0.05) is 31.9 Å². The maximum atomic E-state index is 5.78. The van der Waals surface area contributed by atoms with Gasteiger partial charge < -0.3 is 15.4 Å². The lowest BCUT2D eigenvalue weighted by atomic mass is 10.2. The average molecular weight is 333 g/mol. The van der Waals surface area contributed by atoms with Crippen molar-refractivity contribution in [3.63, 3.8) is 0 Å². The smallest absolute Gasteiger partial charge is 0.191 e. The number of rotatable bonds is 6. The minimum absolute atomic E-state index is 0.510. The molecule has 0 radical (unpaired) electrons. The fourth-order valence-electron chi connectivity index (χ4n) is 2.13. The van der Waals surface area contributed by atoms with Crippen molar-refractivity contribution in [2.75, 3.05) is 20.7 Å². The summed E-state index contributed by atoms with van der Waals surface area (Å²) < 4.78 is 5.34. The molecule has 2 aromatic rings. The highest BCUT2D eigenvalue weighted by molar-refractivity contribution is 6.29. The van der Waals surface area contributed by atoms with Gasteiger partial charge in [-0.25, -0.2) is 4.98 Å². The Morgan fingerprint density at radius 1 is 1.22 bits per heavy atom. The number of guanidine groups is 1. The van der Waals surface area contributed by atoms with Crippen molar-refractivity contribution in [3.8, 4) is 5.75 Å². The second-order valence-electron chi connectivity index (χ2n) is 4.90. The topological polar surface area (TPSA) is 58.5 Å². The molecule has 0 bridgehead atoms. The van der Waals surface area contributed by atoms with Crippen LogP contribution in [0.3, 0.4) is 0 Å². The Morgan fingerprint density at radius 2 is 2.04 bits per heavy atom. The van der Waals surface area contributed by atoms with Gasteiger partial charge in [0.05, 0.1) is 7.11 Å². The van der Waals surface area contributed by atoms with Crippen molar-refractivity contribution >= 4 is 17.6 Å². The van der Waals surface area contributed by atoms with Crippen LogP contribution in [-0.2, 0) is 13.0 Å². The molecule has 0 aliphatic rings. The van der Waals surface area contributed by atoms with E-state index in [9.17, 15) is 0 Å². The Labute approximate surface area is 141 Å². The molecule has 2 N–H and O–H groups in total. The van der Waals surface area contributed by atoms with Crippen molar-refractivity contribution in [1.82, 2.24) is 15.6 Å². The number of nitrogens with zero attached hydrogens (tertiary/aromatic N) is 2. The van der Waals surface area contributed by atoms with Crippen LogP contribution in [0.25, 0.3) is 0 Å². The quantitative estimate of drug-likeness (QED) is 0.485. The molecule has 0 aliphatic heterocycles. The fraction of sp³-hybridized carbons (Fsp3) is 0.294. The number of hydrogen-bond donors (Lipinski definition) is 2. The first kappa shape index (κ1) is 17.1. The van der Waals surface area contributed by atoms with Gasteiger partial charge in [0.1, 0.15) is 10.9 Å². The number of para-hydroxylation sites is 1. The molecule has 1 aromatic carbocycles. The first-order valence-corrected chi connectivity index (χ1v) is 7.77. The summed E-state index contributed by atoms with van der Waals surface area (Å²) in [7, 11) is 3.42. The highest BCUT2D eigenvalue weighted by Gasteiger charge is 2.03. The summed E-state index contributed by atoms with van der Waals surface area (Å²) in [5, 5.41) is 7.07. The van der Waals surface area contributed by atoms with Gasteiger partial charge in [-0.05, 0) is 24.1 Å². The predicted molar refractivity (Wildman–Crippen MR) is 94.1 cm³/mol. The van der Waals surface area contributed by atoms with Crippen LogP contribution in [-0.4, -0.2) is 31.6 Å². The molecule has 0 amide bonds. The van der Waals surface area contributed by atoms with E-state index in [1.807, 2.05) is 30.3 Å². The normalized spacial score (nSPS) is 11.2. The van der Waals surface area contributed by atoms with Crippen LogP contribution in [0, 0.1) is 0 Å². The number of aromatic nitrogens is 1. The summed E-state index contributed by atoms with van der Waals surface area (Å²) >= 11 is 5.78. The molecule has 0 saturated heterocycles. The van der Waals surface area contributed by atoms with Crippen molar-refractivity contribution < 1.29 is 4.74 Å². The van der Waals surface area contributed by atoms with Gasteiger partial charge >= 0.3 is 0 Å². The summed E-state index contributed by atoms with van der Waals surface area (Å²) in [6.07, 6.45) is 2.63. The van der Waals surface area contributed by atoms with Crippen LogP contribution >= 0.6 is 11.6 Å². The molecule has 6 heteroatoms. The van der Waals surface area contributed by atoms with Crippen LogP contribution in [0.4, 0.5) is 0 Å². The molecular weight excluding hydrogens is 312 g/mol. The van der Waals surface area contributed by atoms with E-state index in [1.54, 1.807) is 26.4 Å². The number of ether oxygens (including phenoxy) is 1. The lowest BCUT2D eigenvalue weighted by Crippen LogP contribution is -2.37. The first-order chi connectivity index (χ1) is 11.2. The fourth-order valence-corrected chi connectivity index (χ4v) is 2.24. The molecular formula is C17H21ClN4O. The molecule has 0 saturated carbocycles. The van der Waals surface area contributed by atoms with E-state index >= 15 is 0 Å². The summed E-state index contributed by atoms with van der Waals surface area (Å²) in [6.45, 7) is 1.40. The van der Waals surface area contributed by atoms with E-state index in [2.05, 4.69) is 20.6 Å².